The van der Waals surface area contributed by atoms with E-state index in [1.165, 1.54) is 0 Å². The van der Waals surface area contributed by atoms with Crippen molar-refractivity contribution in [1.29, 1.82) is 0 Å². The summed E-state index contributed by atoms with van der Waals surface area (Å²) in [7, 11) is 0. The quantitative estimate of drug-likeness (QED) is 0.773. The van der Waals surface area contributed by atoms with E-state index in [0.29, 0.717) is 15.5 Å². The van der Waals surface area contributed by atoms with E-state index < -0.39 is 0 Å². The fourth-order valence-corrected chi connectivity index (χ4v) is 4.84. The summed E-state index contributed by atoms with van der Waals surface area (Å²) in [5, 5.41) is 3.00. The number of fused-ring (bicyclic) bond motifs is 1. The highest BCUT2D eigenvalue weighted by Gasteiger charge is 2.25. The second kappa shape index (κ2) is 6.93. The summed E-state index contributed by atoms with van der Waals surface area (Å²) in [5.74, 6) is 0.933. The molecule has 2 aliphatic heterocycles. The molecular formula is C15H16ClN3O2S2. The molecule has 1 saturated heterocycles. The number of morpholine rings is 1. The highest BCUT2D eigenvalue weighted by atomic mass is 35.5. The fourth-order valence-electron chi connectivity index (χ4n) is 2.52. The van der Waals surface area contributed by atoms with Crippen molar-refractivity contribution in [3.05, 3.63) is 23.2 Å². The zero-order valence-electron chi connectivity index (χ0n) is 12.4. The third-order valence-corrected chi connectivity index (χ3v) is 6.39. The fraction of sp³-hybridized carbons (Fsp3) is 0.467. The van der Waals surface area contributed by atoms with Gasteiger partial charge in [-0.05, 0) is 18.2 Å². The van der Waals surface area contributed by atoms with Crippen LogP contribution in [0.3, 0.4) is 0 Å². The first-order valence-electron chi connectivity index (χ1n) is 7.50. The van der Waals surface area contributed by atoms with Crippen LogP contribution < -0.4 is 0 Å². The van der Waals surface area contributed by atoms with Gasteiger partial charge in [0.2, 0.25) is 0 Å². The number of amidine groups is 1. The van der Waals surface area contributed by atoms with E-state index in [1.807, 2.05) is 30.0 Å². The summed E-state index contributed by atoms with van der Waals surface area (Å²) < 4.78 is 11.1. The lowest BCUT2D eigenvalue weighted by atomic mass is 10.3. The van der Waals surface area contributed by atoms with Crippen LogP contribution >= 0.6 is 35.1 Å². The van der Waals surface area contributed by atoms with Crippen LogP contribution in [0.25, 0.3) is 11.1 Å². The largest absolute Gasteiger partial charge is 0.431 e. The molecule has 0 amide bonds. The molecule has 0 unspecified atom stereocenters. The lowest BCUT2D eigenvalue weighted by Crippen LogP contribution is -2.39. The molecule has 122 valence electrons. The van der Waals surface area contributed by atoms with Crippen molar-refractivity contribution in [2.24, 2.45) is 4.99 Å². The predicted octanol–water partition coefficient (Wildman–Crippen LogP) is 3.38. The van der Waals surface area contributed by atoms with Crippen molar-refractivity contribution < 1.29 is 9.15 Å². The van der Waals surface area contributed by atoms with E-state index in [0.717, 1.165) is 54.9 Å². The third kappa shape index (κ3) is 3.63. The number of halogens is 1. The second-order valence-corrected chi connectivity index (χ2v) is 8.04. The van der Waals surface area contributed by atoms with Gasteiger partial charge in [0.15, 0.2) is 10.8 Å². The van der Waals surface area contributed by atoms with Gasteiger partial charge in [0.25, 0.3) is 5.22 Å². The normalized spacial score (nSPS) is 21.9. The average molecular weight is 370 g/mol. The van der Waals surface area contributed by atoms with Gasteiger partial charge in [0.05, 0.1) is 19.8 Å². The van der Waals surface area contributed by atoms with Crippen LogP contribution in [0.4, 0.5) is 0 Å². The van der Waals surface area contributed by atoms with Crippen molar-refractivity contribution >= 4 is 51.4 Å². The Morgan fingerprint density at radius 1 is 1.35 bits per heavy atom. The van der Waals surface area contributed by atoms with Gasteiger partial charge in [0, 0.05) is 29.1 Å². The zero-order valence-corrected chi connectivity index (χ0v) is 14.8. The molecule has 0 aliphatic carbocycles. The maximum atomic E-state index is 5.98. The van der Waals surface area contributed by atoms with Gasteiger partial charge in [-0.1, -0.05) is 35.1 Å². The highest BCUT2D eigenvalue weighted by Crippen LogP contribution is 2.31. The van der Waals surface area contributed by atoms with Gasteiger partial charge >= 0.3 is 0 Å². The predicted molar refractivity (Wildman–Crippen MR) is 95.8 cm³/mol. The van der Waals surface area contributed by atoms with Crippen molar-refractivity contribution in [3.63, 3.8) is 0 Å². The number of ether oxygens (including phenoxy) is 1. The summed E-state index contributed by atoms with van der Waals surface area (Å²) >= 11 is 9.47. The summed E-state index contributed by atoms with van der Waals surface area (Å²) in [6.45, 7) is 4.33. The van der Waals surface area contributed by atoms with Gasteiger partial charge in [-0.25, -0.2) is 4.98 Å². The van der Waals surface area contributed by atoms with Gasteiger partial charge in [-0.15, -0.1) is 0 Å². The van der Waals surface area contributed by atoms with Gasteiger partial charge < -0.3 is 14.1 Å². The lowest BCUT2D eigenvalue weighted by Gasteiger charge is -2.28. The number of thioether (sulfide) groups is 2. The molecule has 0 bridgehead atoms. The Morgan fingerprint density at radius 2 is 2.22 bits per heavy atom. The van der Waals surface area contributed by atoms with Crippen LogP contribution in [0.1, 0.15) is 0 Å². The molecule has 1 aromatic carbocycles. The minimum Gasteiger partial charge on any atom is -0.431 e. The standard InChI is InChI=1S/C15H16ClN3O2S2/c16-10-1-2-13-12(7-10)18-15(21-13)22-9-11-8-17-14(23-11)19-3-5-20-6-4-19/h1-2,7,11H,3-6,8-9H2/t11-/m1/s1. The van der Waals surface area contributed by atoms with Gasteiger partial charge in [-0.2, -0.15) is 0 Å². The molecule has 4 rings (SSSR count). The van der Waals surface area contributed by atoms with E-state index in [2.05, 4.69) is 14.9 Å². The van der Waals surface area contributed by atoms with Crippen molar-refractivity contribution in [1.82, 2.24) is 9.88 Å². The summed E-state index contributed by atoms with van der Waals surface area (Å²) in [6.07, 6.45) is 0. The van der Waals surface area contributed by atoms with Crippen LogP contribution in [0.2, 0.25) is 5.02 Å². The number of nitrogens with zero attached hydrogens (tertiary/aromatic N) is 3. The van der Waals surface area contributed by atoms with Crippen molar-refractivity contribution in [3.8, 4) is 0 Å². The van der Waals surface area contributed by atoms with E-state index in [1.54, 1.807) is 11.8 Å². The topological polar surface area (TPSA) is 50.9 Å². The summed E-state index contributed by atoms with van der Waals surface area (Å²) in [4.78, 5) is 11.5. The Labute approximate surface area is 147 Å². The second-order valence-electron chi connectivity index (χ2n) is 5.37. The monoisotopic (exact) mass is 369 g/mol. The van der Waals surface area contributed by atoms with E-state index in [4.69, 9.17) is 20.8 Å². The average Bonchev–Trinajstić information content (AvgIpc) is 3.20. The van der Waals surface area contributed by atoms with Crippen LogP contribution in [0.15, 0.2) is 32.8 Å². The van der Waals surface area contributed by atoms with Crippen LogP contribution in [0, 0.1) is 0 Å². The maximum absolute atomic E-state index is 5.98. The number of hydrogen-bond acceptors (Lipinski definition) is 7. The Morgan fingerprint density at radius 3 is 3.09 bits per heavy atom. The van der Waals surface area contributed by atoms with Crippen LogP contribution in [-0.2, 0) is 4.74 Å². The smallest absolute Gasteiger partial charge is 0.256 e. The minimum absolute atomic E-state index is 0.469. The zero-order chi connectivity index (χ0) is 15.6. The van der Waals surface area contributed by atoms with Crippen molar-refractivity contribution in [2.45, 2.75) is 10.5 Å². The molecule has 1 fully saturated rings. The number of hydrogen-bond donors (Lipinski definition) is 0. The Kier molecular flexibility index (Phi) is 4.71. The molecular weight excluding hydrogens is 354 g/mol. The lowest BCUT2D eigenvalue weighted by molar-refractivity contribution is 0.0693. The number of rotatable bonds is 3. The summed E-state index contributed by atoms with van der Waals surface area (Å²) in [6, 6.07) is 5.51. The highest BCUT2D eigenvalue weighted by molar-refractivity contribution is 8.15. The van der Waals surface area contributed by atoms with Crippen molar-refractivity contribution in [2.75, 3.05) is 38.6 Å². The first-order chi connectivity index (χ1) is 11.3. The maximum Gasteiger partial charge on any atom is 0.256 e. The van der Waals surface area contributed by atoms with Crippen LogP contribution in [-0.4, -0.2) is 58.9 Å². The number of aromatic nitrogens is 1. The molecule has 1 atom stereocenters. The molecule has 0 radical (unpaired) electrons. The third-order valence-electron chi connectivity index (χ3n) is 3.71. The number of benzene rings is 1. The van der Waals surface area contributed by atoms with Crippen LogP contribution in [0.5, 0.6) is 0 Å². The summed E-state index contributed by atoms with van der Waals surface area (Å²) in [5.41, 5.74) is 1.59. The molecule has 3 heterocycles. The minimum atomic E-state index is 0.469. The number of aliphatic imine (C=N–C) groups is 1. The molecule has 0 saturated carbocycles. The first-order valence-corrected chi connectivity index (χ1v) is 9.75. The molecule has 2 aliphatic rings. The molecule has 23 heavy (non-hydrogen) atoms. The molecule has 2 aromatic rings. The molecule has 8 heteroatoms. The Bertz CT molecular complexity index is 731. The molecule has 1 aromatic heterocycles. The number of oxazole rings is 1. The molecule has 0 spiro atoms. The van der Waals surface area contributed by atoms with E-state index in [9.17, 15) is 0 Å². The van der Waals surface area contributed by atoms with E-state index >= 15 is 0 Å². The van der Waals surface area contributed by atoms with E-state index in [-0.39, 0.29) is 0 Å². The Balaban J connectivity index is 1.32. The van der Waals surface area contributed by atoms with Gasteiger partial charge in [-0.3, -0.25) is 4.99 Å². The first kappa shape index (κ1) is 15.6. The molecule has 5 nitrogen and oxygen atoms in total. The Hall–Kier alpha value is -0.890. The van der Waals surface area contributed by atoms with Gasteiger partial charge in [0.1, 0.15) is 5.52 Å². The molecule has 0 N–H and O–H groups in total. The SMILES string of the molecule is Clc1ccc2oc(SC[C@H]3CN=C(N4CCOCC4)S3)nc2c1.